The fraction of sp³-hybridized carbons (Fsp3) is 0.143. The van der Waals surface area contributed by atoms with Crippen LogP contribution in [0.25, 0.3) is 0 Å². The third-order valence-electron chi connectivity index (χ3n) is 0.971. The number of allylic oxidation sites excluding steroid dienone is 1. The Morgan fingerprint density at radius 3 is 2.73 bits per heavy atom. The number of ether oxygens (including phenoxy) is 2. The summed E-state index contributed by atoms with van der Waals surface area (Å²) in [6, 6.07) is 0. The molecule has 0 radical (unpaired) electrons. The minimum absolute atomic E-state index is 0.109. The van der Waals surface area contributed by atoms with Gasteiger partial charge in [-0.1, -0.05) is 6.58 Å². The summed E-state index contributed by atoms with van der Waals surface area (Å²) in [5.74, 6) is -1.15. The lowest BCUT2D eigenvalue weighted by Crippen LogP contribution is -2.06. The molecule has 0 fully saturated rings. The van der Waals surface area contributed by atoms with E-state index in [-0.39, 0.29) is 11.5 Å². The zero-order valence-electron chi connectivity index (χ0n) is 5.92. The van der Waals surface area contributed by atoms with Gasteiger partial charge in [0.15, 0.2) is 0 Å². The molecule has 58 valence electrons. The minimum Gasteiger partial charge on any atom is -0.421 e. The molecule has 4 nitrogen and oxygen atoms in total. The van der Waals surface area contributed by atoms with Crippen LogP contribution in [0.4, 0.5) is 0 Å². The number of carbonyl (C=O) groups excluding carboxylic acids is 2. The SMILES string of the molecule is C=C1C=C(OC(C)=O)C(=O)O1. The number of esters is 2. The first kappa shape index (κ1) is 7.53. The van der Waals surface area contributed by atoms with E-state index >= 15 is 0 Å². The third-order valence-corrected chi connectivity index (χ3v) is 0.971. The van der Waals surface area contributed by atoms with Crippen LogP contribution in [-0.2, 0) is 19.1 Å². The zero-order valence-corrected chi connectivity index (χ0v) is 5.92. The number of rotatable bonds is 1. The molecule has 0 bridgehead atoms. The van der Waals surface area contributed by atoms with Crippen LogP contribution in [0.15, 0.2) is 24.2 Å². The largest absolute Gasteiger partial charge is 0.421 e. The molecule has 1 heterocycles. The van der Waals surface area contributed by atoms with Crippen molar-refractivity contribution in [3.05, 3.63) is 24.2 Å². The predicted molar refractivity (Wildman–Crippen MR) is 35.1 cm³/mol. The Labute approximate surface area is 63.1 Å². The smallest absolute Gasteiger partial charge is 0.379 e. The van der Waals surface area contributed by atoms with Gasteiger partial charge in [-0.2, -0.15) is 0 Å². The van der Waals surface area contributed by atoms with Crippen molar-refractivity contribution in [3.8, 4) is 0 Å². The van der Waals surface area contributed by atoms with Crippen molar-refractivity contribution in [2.75, 3.05) is 0 Å². The topological polar surface area (TPSA) is 52.6 Å². The predicted octanol–water partition coefficient (Wildman–Crippen LogP) is 0.504. The van der Waals surface area contributed by atoms with Gasteiger partial charge < -0.3 is 9.47 Å². The van der Waals surface area contributed by atoms with E-state index in [2.05, 4.69) is 16.1 Å². The molecule has 0 aromatic heterocycles. The highest BCUT2D eigenvalue weighted by molar-refractivity contribution is 5.92. The van der Waals surface area contributed by atoms with Crippen LogP contribution < -0.4 is 0 Å². The highest BCUT2D eigenvalue weighted by Gasteiger charge is 2.22. The zero-order chi connectivity index (χ0) is 8.43. The molecule has 1 aliphatic rings. The number of hydrogen-bond acceptors (Lipinski definition) is 4. The second-order valence-electron chi connectivity index (χ2n) is 1.96. The monoisotopic (exact) mass is 154 g/mol. The van der Waals surface area contributed by atoms with Crippen LogP contribution in [0.5, 0.6) is 0 Å². The van der Waals surface area contributed by atoms with Crippen LogP contribution in [0.3, 0.4) is 0 Å². The van der Waals surface area contributed by atoms with E-state index in [4.69, 9.17) is 0 Å². The van der Waals surface area contributed by atoms with Gasteiger partial charge in [-0.05, 0) is 0 Å². The molecule has 0 N–H and O–H groups in total. The molecule has 0 saturated heterocycles. The fourth-order valence-corrected chi connectivity index (χ4v) is 0.630. The molecule has 0 spiro atoms. The molecule has 1 rings (SSSR count). The van der Waals surface area contributed by atoms with Crippen LogP contribution in [0.1, 0.15) is 6.92 Å². The van der Waals surface area contributed by atoms with Crippen molar-refractivity contribution in [1.29, 1.82) is 0 Å². The first-order chi connectivity index (χ1) is 5.09. The van der Waals surface area contributed by atoms with E-state index < -0.39 is 11.9 Å². The molecule has 4 heteroatoms. The van der Waals surface area contributed by atoms with Gasteiger partial charge in [0.1, 0.15) is 5.76 Å². The average molecular weight is 154 g/mol. The van der Waals surface area contributed by atoms with E-state index in [0.29, 0.717) is 0 Å². The van der Waals surface area contributed by atoms with Gasteiger partial charge >= 0.3 is 11.9 Å². The summed E-state index contributed by atoms with van der Waals surface area (Å²) in [4.78, 5) is 21.0. The summed E-state index contributed by atoms with van der Waals surface area (Å²) in [5.41, 5.74) is 0. The first-order valence-corrected chi connectivity index (χ1v) is 2.91. The van der Waals surface area contributed by atoms with Gasteiger partial charge in [-0.25, -0.2) is 4.79 Å². The molecule has 0 aliphatic carbocycles. The lowest BCUT2D eigenvalue weighted by molar-refractivity contribution is -0.146. The quantitative estimate of drug-likeness (QED) is 0.516. The Bertz CT molecular complexity index is 262. The van der Waals surface area contributed by atoms with Crippen molar-refractivity contribution in [2.45, 2.75) is 6.92 Å². The Kier molecular flexibility index (Phi) is 1.76. The number of hydrogen-bond donors (Lipinski definition) is 0. The maximum atomic E-state index is 10.7. The second kappa shape index (κ2) is 2.57. The Balaban J connectivity index is 2.72. The van der Waals surface area contributed by atoms with Crippen LogP contribution in [-0.4, -0.2) is 11.9 Å². The highest BCUT2D eigenvalue weighted by Crippen LogP contribution is 2.15. The summed E-state index contributed by atoms with van der Waals surface area (Å²) in [5, 5.41) is 0. The molecule has 0 saturated carbocycles. The second-order valence-corrected chi connectivity index (χ2v) is 1.96. The summed E-state index contributed by atoms with van der Waals surface area (Å²) in [6.07, 6.45) is 1.27. The van der Waals surface area contributed by atoms with Crippen molar-refractivity contribution in [3.63, 3.8) is 0 Å². The molecule has 1 aliphatic heterocycles. The van der Waals surface area contributed by atoms with Crippen LogP contribution in [0.2, 0.25) is 0 Å². The van der Waals surface area contributed by atoms with E-state index in [9.17, 15) is 9.59 Å². The van der Waals surface area contributed by atoms with Crippen LogP contribution >= 0.6 is 0 Å². The van der Waals surface area contributed by atoms with E-state index in [0.717, 1.165) is 0 Å². The van der Waals surface area contributed by atoms with Crippen LogP contribution in [0, 0.1) is 0 Å². The molecule has 0 amide bonds. The molecular formula is C7H6O4. The summed E-state index contributed by atoms with van der Waals surface area (Å²) >= 11 is 0. The van der Waals surface area contributed by atoms with Crippen molar-refractivity contribution >= 4 is 11.9 Å². The van der Waals surface area contributed by atoms with Gasteiger partial charge in [-0.3, -0.25) is 4.79 Å². The van der Waals surface area contributed by atoms with Gasteiger partial charge in [0.2, 0.25) is 5.76 Å². The molecule has 0 unspecified atom stereocenters. The van der Waals surface area contributed by atoms with Gasteiger partial charge in [0.25, 0.3) is 0 Å². The van der Waals surface area contributed by atoms with Crippen molar-refractivity contribution in [2.24, 2.45) is 0 Å². The summed E-state index contributed by atoms with van der Waals surface area (Å²) in [7, 11) is 0. The first-order valence-electron chi connectivity index (χ1n) is 2.91. The molecule has 0 atom stereocenters. The Hall–Kier alpha value is -1.58. The van der Waals surface area contributed by atoms with Gasteiger partial charge in [-0.15, -0.1) is 0 Å². The van der Waals surface area contributed by atoms with Crippen molar-refractivity contribution in [1.82, 2.24) is 0 Å². The maximum absolute atomic E-state index is 10.7. The normalized spacial score (nSPS) is 15.9. The average Bonchev–Trinajstić information content (AvgIpc) is 2.09. The van der Waals surface area contributed by atoms with Crippen molar-refractivity contribution < 1.29 is 19.1 Å². The van der Waals surface area contributed by atoms with Gasteiger partial charge in [0.05, 0.1) is 0 Å². The van der Waals surface area contributed by atoms with E-state index in [1.165, 1.54) is 13.0 Å². The molecule has 11 heavy (non-hydrogen) atoms. The highest BCUT2D eigenvalue weighted by atomic mass is 16.6. The third kappa shape index (κ3) is 1.67. The lowest BCUT2D eigenvalue weighted by Gasteiger charge is -1.95. The summed E-state index contributed by atoms with van der Waals surface area (Å²) in [6.45, 7) is 4.55. The van der Waals surface area contributed by atoms with E-state index in [1.54, 1.807) is 0 Å². The Morgan fingerprint density at radius 2 is 2.36 bits per heavy atom. The Morgan fingerprint density at radius 1 is 1.73 bits per heavy atom. The molecule has 0 aromatic rings. The van der Waals surface area contributed by atoms with Gasteiger partial charge in [0, 0.05) is 13.0 Å². The standard InChI is InChI=1S/C7H6O4/c1-4-3-6(7(9)10-4)11-5(2)8/h3H,1H2,2H3. The fourth-order valence-electron chi connectivity index (χ4n) is 0.630. The number of cyclic esters (lactones) is 1. The molecule has 0 aromatic carbocycles. The minimum atomic E-state index is -0.676. The number of carbonyl (C=O) groups is 2. The summed E-state index contributed by atoms with van der Waals surface area (Å²) < 4.78 is 8.95. The molecular weight excluding hydrogens is 148 g/mol. The van der Waals surface area contributed by atoms with E-state index in [1.807, 2.05) is 0 Å². The maximum Gasteiger partial charge on any atom is 0.379 e. The lowest BCUT2D eigenvalue weighted by atomic mass is 10.4.